The molecule has 0 bridgehead atoms. The van der Waals surface area contributed by atoms with Crippen molar-refractivity contribution in [2.75, 3.05) is 12.4 Å². The van der Waals surface area contributed by atoms with Crippen LogP contribution in [0.5, 0.6) is 5.75 Å². The lowest BCUT2D eigenvalue weighted by Crippen LogP contribution is -2.27. The monoisotopic (exact) mass is 405 g/mol. The second kappa shape index (κ2) is 7.89. The Morgan fingerprint density at radius 2 is 1.86 bits per heavy atom. The summed E-state index contributed by atoms with van der Waals surface area (Å²) in [6.45, 7) is 1.82. The van der Waals surface area contributed by atoms with Crippen LogP contribution in [0, 0.1) is 6.92 Å². The Hall–Kier alpha value is -3.45. The summed E-state index contributed by atoms with van der Waals surface area (Å²) in [5.74, 6) is 0.408. The minimum absolute atomic E-state index is 0.107. The number of aryl methyl sites for hydroxylation is 1. The summed E-state index contributed by atoms with van der Waals surface area (Å²) in [7, 11) is 1.58. The third kappa shape index (κ3) is 3.77. The zero-order valence-electron chi connectivity index (χ0n) is 16.0. The Morgan fingerprint density at radius 1 is 1.14 bits per heavy atom. The largest absolute Gasteiger partial charge is 0.497 e. The first-order chi connectivity index (χ1) is 14.1. The van der Waals surface area contributed by atoms with Crippen LogP contribution in [0.4, 0.5) is 5.69 Å². The third-order valence-electron chi connectivity index (χ3n) is 4.64. The average Bonchev–Trinajstić information content (AvgIpc) is 3.08. The normalized spacial score (nSPS) is 10.8. The van der Waals surface area contributed by atoms with Crippen molar-refractivity contribution in [1.29, 1.82) is 0 Å². The van der Waals surface area contributed by atoms with Gasteiger partial charge in [-0.25, -0.2) is 4.98 Å². The van der Waals surface area contributed by atoms with E-state index in [1.165, 1.54) is 22.2 Å². The summed E-state index contributed by atoms with van der Waals surface area (Å²) in [4.78, 5) is 31.5. The maximum absolute atomic E-state index is 13.0. The minimum atomic E-state index is -0.297. The highest BCUT2D eigenvalue weighted by molar-refractivity contribution is 7.22. The Balaban J connectivity index is 1.61. The third-order valence-corrected chi connectivity index (χ3v) is 5.89. The van der Waals surface area contributed by atoms with Crippen LogP contribution in [-0.2, 0) is 11.3 Å². The molecule has 0 unspecified atom stereocenters. The van der Waals surface area contributed by atoms with Gasteiger partial charge in [0.25, 0.3) is 5.56 Å². The molecule has 0 fully saturated rings. The van der Waals surface area contributed by atoms with Crippen LogP contribution in [0.3, 0.4) is 0 Å². The van der Waals surface area contributed by atoms with Crippen LogP contribution in [0.15, 0.2) is 65.7 Å². The summed E-state index contributed by atoms with van der Waals surface area (Å²) < 4.78 is 6.45. The number of carbonyl (C=O) groups is 1. The van der Waals surface area contributed by atoms with Gasteiger partial charge in [0.2, 0.25) is 5.91 Å². The predicted molar refractivity (Wildman–Crippen MR) is 116 cm³/mol. The molecule has 0 aliphatic heterocycles. The zero-order chi connectivity index (χ0) is 20.4. The van der Waals surface area contributed by atoms with Crippen molar-refractivity contribution in [3.63, 3.8) is 0 Å². The Kier molecular flexibility index (Phi) is 5.14. The molecule has 2 aromatic heterocycles. The molecule has 0 spiro atoms. The van der Waals surface area contributed by atoms with Crippen molar-refractivity contribution in [2.24, 2.45) is 0 Å². The summed E-state index contributed by atoms with van der Waals surface area (Å²) in [6.07, 6.45) is 1.43. The van der Waals surface area contributed by atoms with Crippen LogP contribution in [0.1, 0.15) is 5.56 Å². The Labute approximate surface area is 171 Å². The number of ether oxygens (including phenoxy) is 1. The van der Waals surface area contributed by atoms with E-state index in [1.54, 1.807) is 31.4 Å². The number of thiophene rings is 1. The maximum atomic E-state index is 13.0. The lowest BCUT2D eigenvalue weighted by Gasteiger charge is -2.08. The molecule has 7 heteroatoms. The van der Waals surface area contributed by atoms with Crippen LogP contribution in [0.25, 0.3) is 20.7 Å². The van der Waals surface area contributed by atoms with Gasteiger partial charge in [-0.15, -0.1) is 11.3 Å². The molecule has 0 atom stereocenters. The van der Waals surface area contributed by atoms with E-state index < -0.39 is 0 Å². The smallest absolute Gasteiger partial charge is 0.262 e. The zero-order valence-corrected chi connectivity index (χ0v) is 16.8. The molecule has 0 radical (unpaired) electrons. The number of methoxy groups -OCH3 is 1. The highest BCUT2D eigenvalue weighted by atomic mass is 32.1. The number of hydrogen-bond acceptors (Lipinski definition) is 5. The molecule has 0 aliphatic carbocycles. The number of fused-ring (bicyclic) bond motifs is 1. The van der Waals surface area contributed by atoms with E-state index in [0.29, 0.717) is 21.7 Å². The molecule has 1 amide bonds. The number of anilines is 1. The number of hydrogen-bond donors (Lipinski definition) is 1. The predicted octanol–water partition coefficient (Wildman–Crippen LogP) is 4.08. The molecule has 2 heterocycles. The number of rotatable bonds is 5. The van der Waals surface area contributed by atoms with Crippen LogP contribution < -0.4 is 15.6 Å². The van der Waals surface area contributed by atoms with Gasteiger partial charge in [-0.2, -0.15) is 0 Å². The highest BCUT2D eigenvalue weighted by Gasteiger charge is 2.16. The van der Waals surface area contributed by atoms with Crippen molar-refractivity contribution >= 4 is 33.1 Å². The minimum Gasteiger partial charge on any atom is -0.497 e. The molecule has 4 aromatic rings. The molecule has 29 heavy (non-hydrogen) atoms. The van der Waals surface area contributed by atoms with E-state index in [4.69, 9.17) is 4.74 Å². The first-order valence-corrected chi connectivity index (χ1v) is 9.86. The quantitative estimate of drug-likeness (QED) is 0.543. The lowest BCUT2D eigenvalue weighted by molar-refractivity contribution is -0.116. The van der Waals surface area contributed by atoms with Crippen molar-refractivity contribution in [1.82, 2.24) is 9.55 Å². The fourth-order valence-corrected chi connectivity index (χ4v) is 4.31. The topological polar surface area (TPSA) is 73.2 Å². The van der Waals surface area contributed by atoms with Crippen molar-refractivity contribution in [2.45, 2.75) is 13.5 Å². The first-order valence-electron chi connectivity index (χ1n) is 9.04. The number of nitrogens with zero attached hydrogens (tertiary/aromatic N) is 2. The summed E-state index contributed by atoms with van der Waals surface area (Å²) >= 11 is 1.49. The van der Waals surface area contributed by atoms with Crippen molar-refractivity contribution in [3.8, 4) is 16.2 Å². The van der Waals surface area contributed by atoms with E-state index in [0.717, 1.165) is 16.0 Å². The molecule has 1 N–H and O–H groups in total. The molecule has 4 rings (SSSR count). The van der Waals surface area contributed by atoms with Gasteiger partial charge in [0.05, 0.1) is 18.8 Å². The van der Waals surface area contributed by atoms with Gasteiger partial charge in [0.15, 0.2) is 0 Å². The van der Waals surface area contributed by atoms with Gasteiger partial charge in [-0.1, -0.05) is 30.3 Å². The van der Waals surface area contributed by atoms with Crippen LogP contribution in [-0.4, -0.2) is 22.6 Å². The van der Waals surface area contributed by atoms with Gasteiger partial charge < -0.3 is 10.1 Å². The summed E-state index contributed by atoms with van der Waals surface area (Å²) in [5.41, 5.74) is 2.36. The van der Waals surface area contributed by atoms with E-state index in [-0.39, 0.29) is 18.0 Å². The van der Waals surface area contributed by atoms with Crippen molar-refractivity contribution in [3.05, 3.63) is 76.8 Å². The number of aromatic nitrogens is 2. The van der Waals surface area contributed by atoms with Gasteiger partial charge in [0.1, 0.15) is 17.1 Å². The highest BCUT2D eigenvalue weighted by Crippen LogP contribution is 2.35. The number of amides is 1. The number of carbonyl (C=O) groups excluding carboxylic acids is 1. The average molecular weight is 405 g/mol. The van der Waals surface area contributed by atoms with E-state index in [9.17, 15) is 9.59 Å². The number of nitrogens with one attached hydrogen (secondary N) is 1. The van der Waals surface area contributed by atoms with Gasteiger partial charge in [-0.05, 0) is 42.3 Å². The molecule has 0 saturated carbocycles. The molecular formula is C22H19N3O3S. The van der Waals surface area contributed by atoms with Gasteiger partial charge in [-0.3, -0.25) is 14.2 Å². The first kappa shape index (κ1) is 18.9. The van der Waals surface area contributed by atoms with E-state index in [2.05, 4.69) is 10.3 Å². The van der Waals surface area contributed by atoms with Gasteiger partial charge in [0, 0.05) is 10.6 Å². The number of benzene rings is 2. The lowest BCUT2D eigenvalue weighted by atomic mass is 10.1. The Morgan fingerprint density at radius 3 is 2.55 bits per heavy atom. The second-order valence-electron chi connectivity index (χ2n) is 6.56. The van der Waals surface area contributed by atoms with E-state index in [1.807, 2.05) is 37.3 Å². The van der Waals surface area contributed by atoms with Crippen LogP contribution in [0.2, 0.25) is 0 Å². The molecule has 0 aliphatic rings. The van der Waals surface area contributed by atoms with E-state index >= 15 is 0 Å². The van der Waals surface area contributed by atoms with Gasteiger partial charge >= 0.3 is 0 Å². The molecule has 146 valence electrons. The Bertz CT molecular complexity index is 1230. The summed E-state index contributed by atoms with van der Waals surface area (Å²) in [6, 6.07) is 16.9. The standard InChI is InChI=1S/C22H19N3O3S/c1-14-19-21(29-20(14)15-6-4-3-5-7-15)23-13-25(22(19)27)12-18(26)24-16-8-10-17(28-2)11-9-16/h3-11,13H,12H2,1-2H3,(H,24,26). The molecule has 0 saturated heterocycles. The molecule has 2 aromatic carbocycles. The van der Waals surface area contributed by atoms with Crippen LogP contribution >= 0.6 is 11.3 Å². The van der Waals surface area contributed by atoms with Crippen molar-refractivity contribution < 1.29 is 9.53 Å². The second-order valence-corrected chi connectivity index (χ2v) is 7.56. The fraction of sp³-hybridized carbons (Fsp3) is 0.136. The molecular weight excluding hydrogens is 386 g/mol. The SMILES string of the molecule is COc1ccc(NC(=O)Cn2cnc3sc(-c4ccccc4)c(C)c3c2=O)cc1. The fourth-order valence-electron chi connectivity index (χ4n) is 3.17. The maximum Gasteiger partial charge on any atom is 0.262 e. The molecule has 6 nitrogen and oxygen atoms in total. The summed E-state index contributed by atoms with van der Waals surface area (Å²) in [5, 5.41) is 3.35.